The fraction of sp³-hybridized carbons (Fsp3) is 0.846. The van der Waals surface area contributed by atoms with Gasteiger partial charge in [0.25, 0.3) is 0 Å². The Hall–Kier alpha value is -1.26. The minimum Gasteiger partial charge on any atom is -0.481 e. The summed E-state index contributed by atoms with van der Waals surface area (Å²) in [6.07, 6.45) is 3.01. The highest BCUT2D eigenvalue weighted by molar-refractivity contribution is 5.76. The van der Waals surface area contributed by atoms with Gasteiger partial charge in [-0.2, -0.15) is 0 Å². The van der Waals surface area contributed by atoms with E-state index in [1.807, 2.05) is 4.90 Å². The van der Waals surface area contributed by atoms with Gasteiger partial charge in [0.1, 0.15) is 0 Å². The largest absolute Gasteiger partial charge is 0.481 e. The van der Waals surface area contributed by atoms with E-state index in [0.29, 0.717) is 5.92 Å². The average molecular weight is 256 g/mol. The number of carboxylic acids is 1. The zero-order valence-electron chi connectivity index (χ0n) is 11.5. The summed E-state index contributed by atoms with van der Waals surface area (Å²) in [5, 5.41) is 11.2. The highest BCUT2D eigenvalue weighted by Crippen LogP contribution is 2.34. The number of aliphatic carboxylic acids is 1. The van der Waals surface area contributed by atoms with E-state index in [4.69, 9.17) is 5.11 Å². The third kappa shape index (κ3) is 3.89. The summed E-state index contributed by atoms with van der Waals surface area (Å²) in [5.41, 5.74) is -0.0819. The van der Waals surface area contributed by atoms with Crippen LogP contribution in [0.5, 0.6) is 0 Å². The number of nitrogens with one attached hydrogen (secondary N) is 1. The predicted molar refractivity (Wildman–Crippen MR) is 69.5 cm³/mol. The number of hydrogen-bond acceptors (Lipinski definition) is 2. The van der Waals surface area contributed by atoms with Crippen LogP contribution in [-0.2, 0) is 4.79 Å². The van der Waals surface area contributed by atoms with Gasteiger partial charge in [0.05, 0.1) is 6.42 Å². The van der Waals surface area contributed by atoms with Gasteiger partial charge in [-0.25, -0.2) is 4.79 Å². The summed E-state index contributed by atoms with van der Waals surface area (Å²) in [6, 6.07) is -0.128. The smallest absolute Gasteiger partial charge is 0.317 e. The van der Waals surface area contributed by atoms with Crippen molar-refractivity contribution in [3.8, 4) is 0 Å². The van der Waals surface area contributed by atoms with E-state index in [0.717, 1.165) is 25.8 Å². The fourth-order valence-corrected chi connectivity index (χ4v) is 2.83. The van der Waals surface area contributed by atoms with Gasteiger partial charge in [-0.05, 0) is 32.1 Å². The number of nitrogens with zero attached hydrogens (tertiary/aromatic N) is 1. The van der Waals surface area contributed by atoms with Gasteiger partial charge in [0, 0.05) is 18.6 Å². The SMILES string of the molecule is CC(C)CC1(C)CCCN1C(=O)NCCC(=O)O. The summed E-state index contributed by atoms with van der Waals surface area (Å²) >= 11 is 0. The molecule has 1 atom stereocenters. The van der Waals surface area contributed by atoms with Crippen LogP contribution in [0.2, 0.25) is 0 Å². The number of urea groups is 1. The normalized spacial score (nSPS) is 23.4. The molecule has 1 heterocycles. The van der Waals surface area contributed by atoms with E-state index < -0.39 is 5.97 Å². The van der Waals surface area contributed by atoms with Crippen molar-refractivity contribution in [3.05, 3.63) is 0 Å². The number of carboxylic acid groups (broad SMARTS) is 1. The Balaban J connectivity index is 2.52. The van der Waals surface area contributed by atoms with Gasteiger partial charge in [-0.1, -0.05) is 13.8 Å². The van der Waals surface area contributed by atoms with Crippen molar-refractivity contribution in [1.29, 1.82) is 0 Å². The molecule has 18 heavy (non-hydrogen) atoms. The molecule has 2 N–H and O–H groups in total. The van der Waals surface area contributed by atoms with Crippen molar-refractivity contribution in [2.45, 2.75) is 52.0 Å². The van der Waals surface area contributed by atoms with E-state index in [9.17, 15) is 9.59 Å². The van der Waals surface area contributed by atoms with Crippen LogP contribution in [-0.4, -0.2) is 40.6 Å². The van der Waals surface area contributed by atoms with Gasteiger partial charge in [-0.3, -0.25) is 4.79 Å². The molecule has 1 fully saturated rings. The molecule has 1 aliphatic rings. The van der Waals surface area contributed by atoms with E-state index in [1.54, 1.807) is 0 Å². The molecule has 0 bridgehead atoms. The van der Waals surface area contributed by atoms with Crippen molar-refractivity contribution in [2.75, 3.05) is 13.1 Å². The Morgan fingerprint density at radius 1 is 1.44 bits per heavy atom. The molecule has 1 aliphatic heterocycles. The first-order valence-corrected chi connectivity index (χ1v) is 6.62. The summed E-state index contributed by atoms with van der Waals surface area (Å²) in [4.78, 5) is 24.3. The minimum atomic E-state index is -0.887. The zero-order valence-corrected chi connectivity index (χ0v) is 11.5. The lowest BCUT2D eigenvalue weighted by Crippen LogP contribution is -2.50. The fourth-order valence-electron chi connectivity index (χ4n) is 2.83. The van der Waals surface area contributed by atoms with Gasteiger partial charge in [0.15, 0.2) is 0 Å². The Morgan fingerprint density at radius 3 is 2.67 bits per heavy atom. The van der Waals surface area contributed by atoms with Crippen LogP contribution in [0.1, 0.15) is 46.5 Å². The monoisotopic (exact) mass is 256 g/mol. The van der Waals surface area contributed by atoms with Gasteiger partial charge < -0.3 is 15.3 Å². The quantitative estimate of drug-likeness (QED) is 0.791. The zero-order chi connectivity index (χ0) is 13.8. The molecular formula is C13H24N2O3. The topological polar surface area (TPSA) is 69.6 Å². The maximum absolute atomic E-state index is 12.0. The third-order valence-corrected chi connectivity index (χ3v) is 3.46. The number of carbonyl (C=O) groups is 2. The van der Waals surface area contributed by atoms with Crippen LogP contribution in [0, 0.1) is 5.92 Å². The van der Waals surface area contributed by atoms with Crippen LogP contribution in [0.3, 0.4) is 0 Å². The molecule has 0 aromatic rings. The first kappa shape index (κ1) is 14.8. The number of likely N-dealkylation sites (tertiary alicyclic amines) is 1. The second kappa shape index (κ2) is 6.07. The molecule has 1 unspecified atom stereocenters. The molecule has 0 aliphatic carbocycles. The van der Waals surface area contributed by atoms with Gasteiger partial charge in [0.2, 0.25) is 0 Å². The molecule has 104 valence electrons. The van der Waals surface area contributed by atoms with Crippen molar-refractivity contribution in [3.63, 3.8) is 0 Å². The molecule has 0 aromatic carbocycles. The highest BCUT2D eigenvalue weighted by Gasteiger charge is 2.39. The van der Waals surface area contributed by atoms with E-state index in [-0.39, 0.29) is 24.5 Å². The second-order valence-electron chi connectivity index (χ2n) is 5.73. The third-order valence-electron chi connectivity index (χ3n) is 3.46. The molecule has 0 saturated carbocycles. The molecule has 0 radical (unpaired) electrons. The minimum absolute atomic E-state index is 0.0273. The number of hydrogen-bond donors (Lipinski definition) is 2. The lowest BCUT2D eigenvalue weighted by Gasteiger charge is -2.36. The summed E-state index contributed by atoms with van der Waals surface area (Å²) in [6.45, 7) is 7.40. The van der Waals surface area contributed by atoms with Crippen LogP contribution in [0.15, 0.2) is 0 Å². The molecular weight excluding hydrogens is 232 g/mol. The number of rotatable bonds is 5. The lowest BCUT2D eigenvalue weighted by atomic mass is 9.88. The van der Waals surface area contributed by atoms with Crippen LogP contribution in [0.25, 0.3) is 0 Å². The Morgan fingerprint density at radius 2 is 2.11 bits per heavy atom. The standard InChI is InChI=1S/C13H24N2O3/c1-10(2)9-13(3)6-4-8-15(13)12(18)14-7-5-11(16)17/h10H,4-9H2,1-3H3,(H,14,18)(H,16,17). The van der Waals surface area contributed by atoms with Crippen molar-refractivity contribution >= 4 is 12.0 Å². The van der Waals surface area contributed by atoms with Gasteiger partial charge >= 0.3 is 12.0 Å². The van der Waals surface area contributed by atoms with Gasteiger partial charge in [-0.15, -0.1) is 0 Å². The molecule has 0 spiro atoms. The summed E-state index contributed by atoms with van der Waals surface area (Å²) < 4.78 is 0. The van der Waals surface area contributed by atoms with Crippen LogP contribution < -0.4 is 5.32 Å². The lowest BCUT2D eigenvalue weighted by molar-refractivity contribution is -0.136. The molecule has 2 amide bonds. The Labute approximate surface area is 109 Å². The number of amides is 2. The highest BCUT2D eigenvalue weighted by atomic mass is 16.4. The molecule has 0 aromatic heterocycles. The average Bonchev–Trinajstić information content (AvgIpc) is 2.57. The Kier molecular flexibility index (Phi) is 4.99. The molecule has 1 saturated heterocycles. The van der Waals surface area contributed by atoms with Crippen molar-refractivity contribution in [1.82, 2.24) is 10.2 Å². The first-order valence-electron chi connectivity index (χ1n) is 6.62. The van der Waals surface area contributed by atoms with Crippen LogP contribution in [0.4, 0.5) is 4.79 Å². The van der Waals surface area contributed by atoms with Crippen molar-refractivity contribution < 1.29 is 14.7 Å². The Bertz CT molecular complexity index is 317. The number of carbonyl (C=O) groups excluding carboxylic acids is 1. The van der Waals surface area contributed by atoms with Crippen molar-refractivity contribution in [2.24, 2.45) is 5.92 Å². The van der Waals surface area contributed by atoms with Crippen LogP contribution >= 0.6 is 0 Å². The maximum atomic E-state index is 12.0. The first-order chi connectivity index (χ1) is 8.35. The van der Waals surface area contributed by atoms with E-state index >= 15 is 0 Å². The second-order valence-corrected chi connectivity index (χ2v) is 5.73. The molecule has 5 heteroatoms. The molecule has 1 rings (SSSR count). The molecule has 5 nitrogen and oxygen atoms in total. The summed E-state index contributed by atoms with van der Waals surface area (Å²) in [7, 11) is 0. The van der Waals surface area contributed by atoms with E-state index in [1.165, 1.54) is 0 Å². The maximum Gasteiger partial charge on any atom is 0.317 e. The van der Waals surface area contributed by atoms with E-state index in [2.05, 4.69) is 26.1 Å². The summed E-state index contributed by atoms with van der Waals surface area (Å²) in [5.74, 6) is -0.343. The predicted octanol–water partition coefficient (Wildman–Crippen LogP) is 2.07.